The minimum absolute atomic E-state index is 0.184. The molecule has 2 N–H and O–H groups in total. The number of aromatic carboxylic acids is 1. The predicted octanol–water partition coefficient (Wildman–Crippen LogP) is 3.46. The normalized spacial score (nSPS) is 11.3. The van der Waals surface area contributed by atoms with Crippen molar-refractivity contribution in [2.45, 2.75) is 19.3 Å². The number of unbranched alkanes of at least 4 members (excludes halogenated alkanes) is 1. The number of aryl methyl sites for hydroxylation is 1. The van der Waals surface area contributed by atoms with Crippen molar-refractivity contribution in [3.8, 4) is 0 Å². The van der Waals surface area contributed by atoms with Crippen molar-refractivity contribution in [3.63, 3.8) is 0 Å². The van der Waals surface area contributed by atoms with Crippen molar-refractivity contribution in [1.82, 2.24) is 4.98 Å². The van der Waals surface area contributed by atoms with Gasteiger partial charge in [-0.3, -0.25) is 4.98 Å². The monoisotopic (exact) mass is 301 g/mol. The van der Waals surface area contributed by atoms with E-state index in [1.807, 2.05) is 11.4 Å². The van der Waals surface area contributed by atoms with Gasteiger partial charge in [0.2, 0.25) is 0 Å². The molecule has 3 rings (SSSR count). The fraction of sp³-hybridized carbons (Fsp3) is 0.250. The van der Waals surface area contributed by atoms with E-state index in [0.29, 0.717) is 0 Å². The average molecular weight is 301 g/mol. The summed E-state index contributed by atoms with van der Waals surface area (Å²) in [6, 6.07) is 7.15. The molecule has 21 heavy (non-hydrogen) atoms. The topological polar surface area (TPSA) is 70.4 Å². The fourth-order valence-electron chi connectivity index (χ4n) is 2.49. The van der Waals surface area contributed by atoms with Gasteiger partial charge >= 0.3 is 5.97 Å². The van der Waals surface area contributed by atoms with Gasteiger partial charge in [0, 0.05) is 27.8 Å². The van der Waals surface area contributed by atoms with E-state index in [4.69, 9.17) is 10.2 Å². The predicted molar refractivity (Wildman–Crippen MR) is 84.1 cm³/mol. The summed E-state index contributed by atoms with van der Waals surface area (Å²) in [6.07, 6.45) is 2.42. The number of nitrogens with zero attached hydrogens (tertiary/aromatic N) is 1. The molecule has 0 aliphatic rings. The minimum atomic E-state index is -0.938. The Morgan fingerprint density at radius 2 is 2.05 bits per heavy atom. The lowest BCUT2D eigenvalue weighted by molar-refractivity contribution is 0.0697. The SMILES string of the molecule is O=C(O)c1ccc2c(c1)nc(CCCCO)c1ccsc12. The van der Waals surface area contributed by atoms with Gasteiger partial charge in [-0.25, -0.2) is 4.79 Å². The highest BCUT2D eigenvalue weighted by Gasteiger charge is 2.11. The van der Waals surface area contributed by atoms with Gasteiger partial charge in [0.1, 0.15) is 0 Å². The molecule has 0 aliphatic carbocycles. The highest BCUT2D eigenvalue weighted by molar-refractivity contribution is 7.18. The lowest BCUT2D eigenvalue weighted by Crippen LogP contribution is -1.98. The van der Waals surface area contributed by atoms with E-state index in [1.54, 1.807) is 23.5 Å². The molecule has 0 unspecified atom stereocenters. The molecule has 3 aromatic rings. The Morgan fingerprint density at radius 3 is 2.81 bits per heavy atom. The van der Waals surface area contributed by atoms with Crippen molar-refractivity contribution >= 4 is 38.3 Å². The maximum absolute atomic E-state index is 11.1. The van der Waals surface area contributed by atoms with E-state index < -0.39 is 5.97 Å². The van der Waals surface area contributed by atoms with Crippen LogP contribution in [0.15, 0.2) is 29.6 Å². The van der Waals surface area contributed by atoms with Crippen molar-refractivity contribution in [2.75, 3.05) is 6.61 Å². The first-order valence-corrected chi connectivity index (χ1v) is 7.72. The van der Waals surface area contributed by atoms with Gasteiger partial charge in [-0.2, -0.15) is 0 Å². The smallest absolute Gasteiger partial charge is 0.335 e. The van der Waals surface area contributed by atoms with Crippen LogP contribution in [0.5, 0.6) is 0 Å². The molecule has 0 amide bonds. The van der Waals surface area contributed by atoms with Crippen LogP contribution in [-0.4, -0.2) is 27.8 Å². The molecule has 0 aliphatic heterocycles. The Labute approximate surface area is 125 Å². The summed E-state index contributed by atoms with van der Waals surface area (Å²) in [7, 11) is 0. The molecule has 5 heteroatoms. The quantitative estimate of drug-likeness (QED) is 0.708. The summed E-state index contributed by atoms with van der Waals surface area (Å²) in [4.78, 5) is 15.8. The zero-order valence-corrected chi connectivity index (χ0v) is 12.2. The van der Waals surface area contributed by atoms with Gasteiger partial charge in [-0.15, -0.1) is 11.3 Å². The third-order valence-corrected chi connectivity index (χ3v) is 4.49. The molecule has 0 atom stereocenters. The van der Waals surface area contributed by atoms with Gasteiger partial charge in [0.05, 0.1) is 11.1 Å². The number of thiophene rings is 1. The van der Waals surface area contributed by atoms with Crippen molar-refractivity contribution in [2.24, 2.45) is 0 Å². The number of carboxylic acid groups (broad SMARTS) is 1. The standard InChI is InChI=1S/C16H15NO3S/c18-7-2-1-3-13-12-6-8-21-15(12)11-5-4-10(16(19)20)9-14(11)17-13/h4-6,8-9,18H,1-3,7H2,(H,19,20). The molecular weight excluding hydrogens is 286 g/mol. The molecule has 4 nitrogen and oxygen atoms in total. The maximum atomic E-state index is 11.1. The zero-order valence-electron chi connectivity index (χ0n) is 11.4. The first-order chi connectivity index (χ1) is 10.2. The Kier molecular flexibility index (Phi) is 3.86. The number of aliphatic hydroxyl groups excluding tert-OH is 1. The highest BCUT2D eigenvalue weighted by atomic mass is 32.1. The Hall–Kier alpha value is -1.98. The molecule has 0 radical (unpaired) electrons. The second-order valence-corrected chi connectivity index (χ2v) is 5.86. The first-order valence-electron chi connectivity index (χ1n) is 6.84. The number of rotatable bonds is 5. The van der Waals surface area contributed by atoms with Gasteiger partial charge in [0.25, 0.3) is 0 Å². The summed E-state index contributed by atoms with van der Waals surface area (Å²) in [5, 5.41) is 22.2. The third-order valence-electron chi connectivity index (χ3n) is 3.54. The second kappa shape index (κ2) is 5.79. The molecule has 1 aromatic carbocycles. The van der Waals surface area contributed by atoms with E-state index in [-0.39, 0.29) is 12.2 Å². The van der Waals surface area contributed by atoms with Crippen LogP contribution < -0.4 is 0 Å². The number of fused-ring (bicyclic) bond motifs is 3. The van der Waals surface area contributed by atoms with E-state index in [2.05, 4.69) is 11.1 Å². The van der Waals surface area contributed by atoms with Crippen LogP contribution in [0.3, 0.4) is 0 Å². The van der Waals surface area contributed by atoms with Crippen LogP contribution in [0.2, 0.25) is 0 Å². The molecule has 2 heterocycles. The Balaban J connectivity index is 2.15. The number of benzene rings is 1. The summed E-state index contributed by atoms with van der Waals surface area (Å²) in [5.41, 5.74) is 1.96. The number of aromatic nitrogens is 1. The van der Waals surface area contributed by atoms with Crippen molar-refractivity contribution in [3.05, 3.63) is 40.9 Å². The first kappa shape index (κ1) is 14.0. The summed E-state index contributed by atoms with van der Waals surface area (Å²) < 4.78 is 1.15. The average Bonchev–Trinajstić information content (AvgIpc) is 2.96. The lowest BCUT2D eigenvalue weighted by atomic mass is 10.1. The molecular formula is C16H15NO3S. The molecule has 2 aromatic heterocycles. The Bertz CT molecular complexity index is 810. The molecule has 108 valence electrons. The van der Waals surface area contributed by atoms with Crippen LogP contribution in [0.1, 0.15) is 28.9 Å². The summed E-state index contributed by atoms with van der Waals surface area (Å²) in [6.45, 7) is 0.184. The second-order valence-electron chi connectivity index (χ2n) is 4.94. The highest BCUT2D eigenvalue weighted by Crippen LogP contribution is 2.32. The van der Waals surface area contributed by atoms with E-state index in [9.17, 15) is 4.79 Å². The van der Waals surface area contributed by atoms with Crippen LogP contribution in [0.4, 0.5) is 0 Å². The molecule has 0 fully saturated rings. The fourth-order valence-corrected chi connectivity index (χ4v) is 3.45. The largest absolute Gasteiger partial charge is 0.478 e. The van der Waals surface area contributed by atoms with E-state index >= 15 is 0 Å². The summed E-state index contributed by atoms with van der Waals surface area (Å²) >= 11 is 1.65. The Morgan fingerprint density at radius 1 is 1.19 bits per heavy atom. The third kappa shape index (κ3) is 2.62. The van der Waals surface area contributed by atoms with Crippen LogP contribution in [-0.2, 0) is 6.42 Å². The molecule has 0 saturated carbocycles. The zero-order chi connectivity index (χ0) is 14.8. The van der Waals surface area contributed by atoms with Crippen molar-refractivity contribution in [1.29, 1.82) is 0 Å². The van der Waals surface area contributed by atoms with Crippen LogP contribution in [0.25, 0.3) is 21.0 Å². The number of aliphatic hydroxyl groups is 1. The number of pyridine rings is 1. The molecule has 0 bridgehead atoms. The van der Waals surface area contributed by atoms with Crippen LogP contribution in [0, 0.1) is 0 Å². The lowest BCUT2D eigenvalue weighted by Gasteiger charge is -2.07. The number of hydrogen-bond acceptors (Lipinski definition) is 4. The van der Waals surface area contributed by atoms with Crippen molar-refractivity contribution < 1.29 is 15.0 Å². The van der Waals surface area contributed by atoms with Gasteiger partial charge in [0.15, 0.2) is 0 Å². The number of carbonyl (C=O) groups is 1. The van der Waals surface area contributed by atoms with Gasteiger partial charge in [-0.05, 0) is 42.8 Å². The van der Waals surface area contributed by atoms with Crippen LogP contribution >= 0.6 is 11.3 Å². The molecule has 0 spiro atoms. The van der Waals surface area contributed by atoms with E-state index in [1.165, 1.54) is 0 Å². The van der Waals surface area contributed by atoms with Gasteiger partial charge < -0.3 is 10.2 Å². The van der Waals surface area contributed by atoms with E-state index in [0.717, 1.165) is 45.9 Å². The number of hydrogen-bond donors (Lipinski definition) is 2. The number of carboxylic acids is 1. The molecule has 0 saturated heterocycles. The maximum Gasteiger partial charge on any atom is 0.335 e. The van der Waals surface area contributed by atoms with Gasteiger partial charge in [-0.1, -0.05) is 6.07 Å². The summed E-state index contributed by atoms with van der Waals surface area (Å²) in [5.74, 6) is -0.938. The minimum Gasteiger partial charge on any atom is -0.478 e.